The van der Waals surface area contributed by atoms with E-state index < -0.39 is 27.8 Å². The highest BCUT2D eigenvalue weighted by Gasteiger charge is 2.29. The molecule has 1 aliphatic heterocycles. The summed E-state index contributed by atoms with van der Waals surface area (Å²) in [4.78, 5) is 23.1. The Bertz CT molecular complexity index is 711. The number of hydrogen-bond acceptors (Lipinski definition) is 4. The summed E-state index contributed by atoms with van der Waals surface area (Å²) in [6.45, 7) is 2.31. The Kier molecular flexibility index (Phi) is 5.95. The molecule has 24 heavy (non-hydrogen) atoms. The highest BCUT2D eigenvalue weighted by Crippen LogP contribution is 2.23. The van der Waals surface area contributed by atoms with Gasteiger partial charge in [0.05, 0.1) is 16.4 Å². The van der Waals surface area contributed by atoms with E-state index >= 15 is 0 Å². The van der Waals surface area contributed by atoms with Crippen LogP contribution in [-0.4, -0.2) is 49.3 Å². The maximum atomic E-state index is 12.8. The molecule has 1 saturated heterocycles. The molecule has 1 atom stereocenters. The van der Waals surface area contributed by atoms with Crippen LogP contribution in [0.2, 0.25) is 0 Å². The van der Waals surface area contributed by atoms with Crippen molar-refractivity contribution in [2.45, 2.75) is 31.1 Å². The van der Waals surface area contributed by atoms with Gasteiger partial charge in [0.25, 0.3) is 5.91 Å². The maximum absolute atomic E-state index is 12.8. The molecule has 132 valence electrons. The summed E-state index contributed by atoms with van der Waals surface area (Å²) in [6.07, 6.45) is 2.62. The fourth-order valence-corrected chi connectivity index (χ4v) is 4.26. The van der Waals surface area contributed by atoms with Gasteiger partial charge < -0.3 is 10.4 Å². The molecule has 1 aromatic carbocycles. The summed E-state index contributed by atoms with van der Waals surface area (Å²) < 4.78 is 27.0. The normalized spacial score (nSPS) is 17.2. The molecule has 2 rings (SSSR count). The van der Waals surface area contributed by atoms with E-state index in [0.717, 1.165) is 19.3 Å². The van der Waals surface area contributed by atoms with Crippen molar-refractivity contribution in [2.24, 2.45) is 5.92 Å². The zero-order valence-electron chi connectivity index (χ0n) is 13.6. The Morgan fingerprint density at radius 2 is 1.83 bits per heavy atom. The number of rotatable bonds is 6. The van der Waals surface area contributed by atoms with E-state index in [1.807, 2.05) is 0 Å². The van der Waals surface area contributed by atoms with Gasteiger partial charge in [0.15, 0.2) is 0 Å². The van der Waals surface area contributed by atoms with Gasteiger partial charge in [0.2, 0.25) is 10.0 Å². The molecule has 0 aliphatic carbocycles. The average molecular weight is 354 g/mol. The molecule has 1 unspecified atom stereocenters. The molecule has 0 saturated carbocycles. The van der Waals surface area contributed by atoms with Crippen molar-refractivity contribution in [1.29, 1.82) is 0 Å². The number of carboxylic acids is 1. The second-order valence-corrected chi connectivity index (χ2v) is 7.82. The number of benzene rings is 1. The molecule has 1 amide bonds. The van der Waals surface area contributed by atoms with Crippen LogP contribution in [0.4, 0.5) is 0 Å². The first-order valence-corrected chi connectivity index (χ1v) is 9.38. The van der Waals surface area contributed by atoms with Crippen LogP contribution in [0.1, 0.15) is 36.5 Å². The number of amides is 1. The van der Waals surface area contributed by atoms with Crippen molar-refractivity contribution in [2.75, 3.05) is 19.6 Å². The van der Waals surface area contributed by atoms with Gasteiger partial charge in [-0.25, -0.2) is 8.42 Å². The quantitative estimate of drug-likeness (QED) is 0.802. The molecule has 1 aromatic rings. The number of carbonyl (C=O) groups is 2. The third-order valence-corrected chi connectivity index (χ3v) is 6.01. The predicted molar refractivity (Wildman–Crippen MR) is 88.2 cm³/mol. The van der Waals surface area contributed by atoms with Crippen molar-refractivity contribution < 1.29 is 23.1 Å². The first-order valence-electron chi connectivity index (χ1n) is 7.94. The van der Waals surface area contributed by atoms with E-state index in [1.54, 1.807) is 12.1 Å². The third-order valence-electron chi connectivity index (χ3n) is 4.05. The number of piperidine rings is 1. The maximum Gasteiger partial charge on any atom is 0.308 e. The molecule has 0 aromatic heterocycles. The number of hydrogen-bond donors (Lipinski definition) is 2. The van der Waals surface area contributed by atoms with E-state index in [4.69, 9.17) is 5.11 Å². The molecule has 0 bridgehead atoms. The van der Waals surface area contributed by atoms with Gasteiger partial charge >= 0.3 is 5.97 Å². The summed E-state index contributed by atoms with van der Waals surface area (Å²) in [7, 11) is -3.74. The van der Waals surface area contributed by atoms with Crippen molar-refractivity contribution in [3.63, 3.8) is 0 Å². The minimum atomic E-state index is -3.74. The molecular weight excluding hydrogens is 332 g/mol. The van der Waals surface area contributed by atoms with Crippen molar-refractivity contribution in [3.8, 4) is 0 Å². The second-order valence-electron chi connectivity index (χ2n) is 5.91. The SMILES string of the molecule is CC(CNC(=O)c1ccccc1S(=O)(=O)N1CCCCC1)C(=O)O. The van der Waals surface area contributed by atoms with Gasteiger partial charge in [0, 0.05) is 19.6 Å². The van der Waals surface area contributed by atoms with Gasteiger partial charge in [-0.2, -0.15) is 4.31 Å². The highest BCUT2D eigenvalue weighted by atomic mass is 32.2. The van der Waals surface area contributed by atoms with E-state index in [2.05, 4.69) is 5.32 Å². The van der Waals surface area contributed by atoms with Crippen LogP contribution >= 0.6 is 0 Å². The van der Waals surface area contributed by atoms with Crippen LogP contribution in [0, 0.1) is 5.92 Å². The zero-order valence-corrected chi connectivity index (χ0v) is 14.4. The molecule has 2 N–H and O–H groups in total. The van der Waals surface area contributed by atoms with E-state index in [-0.39, 0.29) is 17.0 Å². The van der Waals surface area contributed by atoms with Crippen molar-refractivity contribution in [1.82, 2.24) is 9.62 Å². The Hall–Kier alpha value is -1.93. The average Bonchev–Trinajstić information content (AvgIpc) is 2.60. The van der Waals surface area contributed by atoms with E-state index in [1.165, 1.54) is 23.4 Å². The van der Waals surface area contributed by atoms with Crippen molar-refractivity contribution in [3.05, 3.63) is 29.8 Å². The van der Waals surface area contributed by atoms with Gasteiger partial charge in [-0.1, -0.05) is 25.5 Å². The number of carbonyl (C=O) groups excluding carboxylic acids is 1. The Labute approximate surface area is 141 Å². The molecule has 1 fully saturated rings. The monoisotopic (exact) mass is 354 g/mol. The number of nitrogens with one attached hydrogen (secondary N) is 1. The molecule has 8 heteroatoms. The molecule has 0 radical (unpaired) electrons. The largest absolute Gasteiger partial charge is 0.481 e. The van der Waals surface area contributed by atoms with E-state index in [9.17, 15) is 18.0 Å². The van der Waals surface area contributed by atoms with Gasteiger partial charge in [-0.15, -0.1) is 0 Å². The summed E-state index contributed by atoms with van der Waals surface area (Å²) in [5.41, 5.74) is 0.0423. The first kappa shape index (κ1) is 18.4. The lowest BCUT2D eigenvalue weighted by molar-refractivity contribution is -0.140. The summed E-state index contributed by atoms with van der Waals surface area (Å²) in [5.74, 6) is -2.36. The minimum absolute atomic E-state index is 0.0348. The van der Waals surface area contributed by atoms with Gasteiger partial charge in [-0.3, -0.25) is 9.59 Å². The Morgan fingerprint density at radius 1 is 1.21 bits per heavy atom. The van der Waals surface area contributed by atoms with Crippen LogP contribution in [0.3, 0.4) is 0 Å². The smallest absolute Gasteiger partial charge is 0.308 e. The fraction of sp³-hybridized carbons (Fsp3) is 0.500. The number of aliphatic carboxylic acids is 1. The topological polar surface area (TPSA) is 104 Å². The summed E-state index contributed by atoms with van der Waals surface area (Å²) >= 11 is 0. The molecule has 1 aliphatic rings. The lowest BCUT2D eigenvalue weighted by atomic mass is 10.1. The fourth-order valence-electron chi connectivity index (χ4n) is 2.55. The number of nitrogens with zero attached hydrogens (tertiary/aromatic N) is 1. The van der Waals surface area contributed by atoms with E-state index in [0.29, 0.717) is 13.1 Å². The summed E-state index contributed by atoms with van der Waals surface area (Å²) in [5, 5.41) is 11.4. The van der Waals surface area contributed by atoms with Crippen LogP contribution in [-0.2, 0) is 14.8 Å². The van der Waals surface area contributed by atoms with Crippen LogP contribution in [0.25, 0.3) is 0 Å². The Morgan fingerprint density at radius 3 is 2.46 bits per heavy atom. The van der Waals surface area contributed by atoms with Gasteiger partial charge in [-0.05, 0) is 25.0 Å². The first-order chi connectivity index (χ1) is 11.3. The summed E-state index contributed by atoms with van der Waals surface area (Å²) in [6, 6.07) is 6.02. The molecule has 1 heterocycles. The lowest BCUT2D eigenvalue weighted by Crippen LogP contribution is -2.37. The zero-order chi connectivity index (χ0) is 17.7. The molecule has 7 nitrogen and oxygen atoms in total. The van der Waals surface area contributed by atoms with Crippen LogP contribution in [0.5, 0.6) is 0 Å². The second kappa shape index (κ2) is 7.76. The molecular formula is C16H22N2O5S. The van der Waals surface area contributed by atoms with Crippen molar-refractivity contribution >= 4 is 21.9 Å². The standard InChI is InChI=1S/C16H22N2O5S/c1-12(16(20)21)11-17-15(19)13-7-3-4-8-14(13)24(22,23)18-9-5-2-6-10-18/h3-4,7-8,12H,2,5-6,9-11H2,1H3,(H,17,19)(H,20,21). The van der Waals surface area contributed by atoms with Gasteiger partial charge in [0.1, 0.15) is 0 Å². The Balaban J connectivity index is 2.23. The number of sulfonamides is 1. The molecule has 0 spiro atoms. The van der Waals surface area contributed by atoms with Crippen LogP contribution in [0.15, 0.2) is 29.2 Å². The number of carboxylic acid groups (broad SMARTS) is 1. The third kappa shape index (κ3) is 4.12. The lowest BCUT2D eigenvalue weighted by Gasteiger charge is -2.26. The predicted octanol–water partition coefficient (Wildman–Crippen LogP) is 1.31. The highest BCUT2D eigenvalue weighted by molar-refractivity contribution is 7.89. The van der Waals surface area contributed by atoms with Crippen LogP contribution < -0.4 is 5.32 Å². The minimum Gasteiger partial charge on any atom is -0.481 e.